The van der Waals surface area contributed by atoms with Gasteiger partial charge in [-0.3, -0.25) is 0 Å². The van der Waals surface area contributed by atoms with Crippen LogP contribution in [-0.4, -0.2) is 41.2 Å². The van der Waals surface area contributed by atoms with Crippen molar-refractivity contribution in [2.45, 2.75) is 71.1 Å². The molecule has 0 aliphatic carbocycles. The number of nitrogens with one attached hydrogen (secondary N) is 2. The van der Waals surface area contributed by atoms with E-state index in [1.807, 2.05) is 19.1 Å². The minimum Gasteiger partial charge on any atom is -0.378 e. The van der Waals surface area contributed by atoms with Gasteiger partial charge in [-0.2, -0.15) is 0 Å². The molecule has 0 aromatic heterocycles. The molecule has 174 valence electrons. The highest BCUT2D eigenvalue weighted by Gasteiger charge is 2.40. The molecule has 4 nitrogen and oxygen atoms in total. The highest BCUT2D eigenvalue weighted by atomic mass is 35.5. The van der Waals surface area contributed by atoms with Crippen LogP contribution in [0.3, 0.4) is 0 Å². The predicted molar refractivity (Wildman–Crippen MR) is 143 cm³/mol. The lowest BCUT2D eigenvalue weighted by Crippen LogP contribution is -2.63. The van der Waals surface area contributed by atoms with Gasteiger partial charge in [0.25, 0.3) is 0 Å². The second-order valence-corrected chi connectivity index (χ2v) is 11.4. The van der Waals surface area contributed by atoms with Crippen molar-refractivity contribution in [2.75, 3.05) is 24.3 Å². The van der Waals surface area contributed by atoms with Crippen LogP contribution < -0.4 is 15.5 Å². The molecule has 0 saturated carbocycles. The van der Waals surface area contributed by atoms with E-state index in [9.17, 15) is 0 Å². The van der Waals surface area contributed by atoms with Crippen LogP contribution in [0.25, 0.3) is 0 Å². The summed E-state index contributed by atoms with van der Waals surface area (Å²) in [5, 5.41) is 8.63. The Kier molecular flexibility index (Phi) is 7.43. The Bertz CT molecular complexity index is 937. The van der Waals surface area contributed by atoms with Gasteiger partial charge in [0.1, 0.15) is 0 Å². The van der Waals surface area contributed by atoms with E-state index in [4.69, 9.17) is 23.8 Å². The molecule has 1 aliphatic rings. The number of rotatable bonds is 5. The summed E-state index contributed by atoms with van der Waals surface area (Å²) >= 11 is 12.5. The number of nitrogens with zero attached hydrogens (tertiary/aromatic N) is 2. The van der Waals surface area contributed by atoms with E-state index in [1.165, 1.54) is 11.3 Å². The van der Waals surface area contributed by atoms with Crippen LogP contribution in [0.2, 0.25) is 5.02 Å². The summed E-state index contributed by atoms with van der Waals surface area (Å²) in [5.41, 5.74) is 4.46. The van der Waals surface area contributed by atoms with Gasteiger partial charge in [0, 0.05) is 43.4 Å². The Morgan fingerprint density at radius 1 is 1.06 bits per heavy atom. The number of halogens is 1. The smallest absolute Gasteiger partial charge is 0.174 e. The minimum absolute atomic E-state index is 0.0244. The summed E-state index contributed by atoms with van der Waals surface area (Å²) in [4.78, 5) is 4.46. The second kappa shape index (κ2) is 9.58. The Morgan fingerprint density at radius 2 is 1.66 bits per heavy atom. The van der Waals surface area contributed by atoms with E-state index >= 15 is 0 Å². The van der Waals surface area contributed by atoms with Gasteiger partial charge in [-0.25, -0.2) is 0 Å². The molecule has 1 heterocycles. The van der Waals surface area contributed by atoms with E-state index < -0.39 is 0 Å². The van der Waals surface area contributed by atoms with Crippen molar-refractivity contribution in [3.8, 4) is 0 Å². The first-order valence-corrected chi connectivity index (χ1v) is 12.0. The molecule has 0 unspecified atom stereocenters. The van der Waals surface area contributed by atoms with Crippen molar-refractivity contribution >= 4 is 40.3 Å². The minimum atomic E-state index is 0.0244. The van der Waals surface area contributed by atoms with Gasteiger partial charge in [0.2, 0.25) is 0 Å². The van der Waals surface area contributed by atoms with E-state index in [0.29, 0.717) is 16.2 Å². The van der Waals surface area contributed by atoms with Crippen molar-refractivity contribution in [3.63, 3.8) is 0 Å². The van der Waals surface area contributed by atoms with E-state index in [0.717, 1.165) is 30.6 Å². The Morgan fingerprint density at radius 3 is 2.19 bits per heavy atom. The van der Waals surface area contributed by atoms with Crippen LogP contribution in [0.5, 0.6) is 0 Å². The molecule has 2 aromatic rings. The first kappa shape index (κ1) is 24.8. The van der Waals surface area contributed by atoms with Crippen LogP contribution in [0.1, 0.15) is 51.7 Å². The van der Waals surface area contributed by atoms with Crippen LogP contribution in [-0.2, 0) is 6.54 Å². The third kappa shape index (κ3) is 6.37. The van der Waals surface area contributed by atoms with Gasteiger partial charge in [-0.15, -0.1) is 0 Å². The fourth-order valence-electron chi connectivity index (χ4n) is 4.86. The van der Waals surface area contributed by atoms with Crippen molar-refractivity contribution in [2.24, 2.45) is 0 Å². The molecular weight excluding hydrogens is 436 g/mol. The molecule has 2 N–H and O–H groups in total. The maximum atomic E-state index is 6.51. The molecule has 1 fully saturated rings. The predicted octanol–water partition coefficient (Wildman–Crippen LogP) is 6.22. The summed E-state index contributed by atoms with van der Waals surface area (Å²) in [6.07, 6.45) is 2.02. The van der Waals surface area contributed by atoms with Crippen molar-refractivity contribution in [3.05, 3.63) is 58.6 Å². The quantitative estimate of drug-likeness (QED) is 0.504. The number of thiocarbonyl (C=S) groups is 1. The third-order valence-corrected chi connectivity index (χ3v) is 6.69. The summed E-state index contributed by atoms with van der Waals surface area (Å²) in [7, 11) is 4.12. The number of piperidine rings is 1. The molecule has 0 bridgehead atoms. The summed E-state index contributed by atoms with van der Waals surface area (Å²) in [6, 6.07) is 15.0. The maximum absolute atomic E-state index is 6.51. The Balaban J connectivity index is 1.90. The zero-order valence-corrected chi connectivity index (χ0v) is 22.0. The molecule has 3 rings (SSSR count). The zero-order valence-electron chi connectivity index (χ0n) is 20.4. The van der Waals surface area contributed by atoms with Gasteiger partial charge in [-0.1, -0.05) is 29.8 Å². The molecule has 0 radical (unpaired) electrons. The van der Waals surface area contributed by atoms with Crippen LogP contribution >= 0.6 is 23.8 Å². The number of hydrogen-bond acceptors (Lipinski definition) is 3. The van der Waals surface area contributed by atoms with Gasteiger partial charge in [-0.05, 0) is 95.1 Å². The van der Waals surface area contributed by atoms with Gasteiger partial charge < -0.3 is 20.4 Å². The Labute approximate surface area is 204 Å². The molecular formula is C26H37ClN4S. The largest absolute Gasteiger partial charge is 0.378 e. The van der Waals surface area contributed by atoms with Crippen molar-refractivity contribution in [1.29, 1.82) is 0 Å². The number of benzene rings is 2. The van der Waals surface area contributed by atoms with E-state index in [-0.39, 0.29) is 11.1 Å². The number of hydrogen-bond donors (Lipinski definition) is 2. The maximum Gasteiger partial charge on any atom is 0.174 e. The number of aryl methyl sites for hydroxylation is 1. The lowest BCUT2D eigenvalue weighted by Gasteiger charge is -2.50. The second-order valence-electron chi connectivity index (χ2n) is 10.6. The highest BCUT2D eigenvalue weighted by Crippen LogP contribution is 2.33. The van der Waals surface area contributed by atoms with Gasteiger partial charge >= 0.3 is 0 Å². The standard InChI is InChI=1S/C26H37ClN4S/c1-18-8-13-23(22(27)14-18)28-24(32)31(17-19-9-11-20(12-10-19)30(6)7)21-15-25(2,3)29-26(4,5)16-21/h8-14,21,29H,15-17H2,1-7H3,(H,28,32). The first-order chi connectivity index (χ1) is 14.8. The van der Waals surface area contributed by atoms with Crippen LogP contribution in [0, 0.1) is 6.92 Å². The third-order valence-electron chi connectivity index (χ3n) is 6.04. The Hall–Kier alpha value is -1.82. The molecule has 2 aromatic carbocycles. The average molecular weight is 473 g/mol. The molecule has 32 heavy (non-hydrogen) atoms. The normalized spacial score (nSPS) is 17.6. The fourth-order valence-corrected chi connectivity index (χ4v) is 5.47. The molecule has 0 amide bonds. The number of anilines is 2. The van der Waals surface area contributed by atoms with Crippen molar-refractivity contribution in [1.82, 2.24) is 10.2 Å². The molecule has 1 saturated heterocycles. The average Bonchev–Trinajstić information content (AvgIpc) is 2.66. The fraction of sp³-hybridized carbons (Fsp3) is 0.500. The summed E-state index contributed by atoms with van der Waals surface area (Å²) in [5.74, 6) is 0. The van der Waals surface area contributed by atoms with E-state index in [2.05, 4.69) is 92.6 Å². The summed E-state index contributed by atoms with van der Waals surface area (Å²) < 4.78 is 0. The summed E-state index contributed by atoms with van der Waals surface area (Å²) in [6.45, 7) is 11.9. The van der Waals surface area contributed by atoms with Crippen molar-refractivity contribution < 1.29 is 0 Å². The molecule has 1 aliphatic heterocycles. The lowest BCUT2D eigenvalue weighted by atomic mass is 9.79. The highest BCUT2D eigenvalue weighted by molar-refractivity contribution is 7.80. The molecule has 6 heteroatoms. The van der Waals surface area contributed by atoms with Gasteiger partial charge in [0.15, 0.2) is 5.11 Å². The van der Waals surface area contributed by atoms with E-state index in [1.54, 1.807) is 0 Å². The monoisotopic (exact) mass is 472 g/mol. The lowest BCUT2D eigenvalue weighted by molar-refractivity contribution is 0.101. The van der Waals surface area contributed by atoms with Crippen LogP contribution in [0.15, 0.2) is 42.5 Å². The molecule has 0 atom stereocenters. The van der Waals surface area contributed by atoms with Gasteiger partial charge in [0.05, 0.1) is 10.7 Å². The zero-order chi connectivity index (χ0) is 23.7. The molecule has 0 spiro atoms. The van der Waals surface area contributed by atoms with Crippen LogP contribution in [0.4, 0.5) is 11.4 Å². The first-order valence-electron chi connectivity index (χ1n) is 11.2. The SMILES string of the molecule is Cc1ccc(NC(=S)N(Cc2ccc(N(C)C)cc2)C2CC(C)(C)NC(C)(C)C2)c(Cl)c1. The topological polar surface area (TPSA) is 30.5 Å².